The monoisotopic (exact) mass is 404 g/mol. The zero-order chi connectivity index (χ0) is 20.3. The molecule has 0 unspecified atom stereocenters. The predicted molar refractivity (Wildman–Crippen MR) is 102 cm³/mol. The van der Waals surface area contributed by atoms with Crippen LogP contribution in [0.4, 0.5) is 0 Å². The molecule has 1 aromatic heterocycles. The summed E-state index contributed by atoms with van der Waals surface area (Å²) in [5, 5.41) is 0. The van der Waals surface area contributed by atoms with E-state index in [-0.39, 0.29) is 24.5 Å². The van der Waals surface area contributed by atoms with Crippen molar-refractivity contribution in [2.45, 2.75) is 25.8 Å². The fraction of sp³-hybridized carbons (Fsp3) is 0.316. The largest absolute Gasteiger partial charge is 0.462 e. The first-order valence-electron chi connectivity index (χ1n) is 8.74. The van der Waals surface area contributed by atoms with E-state index in [4.69, 9.17) is 4.74 Å². The van der Waals surface area contributed by atoms with Crippen molar-refractivity contribution in [1.82, 2.24) is 9.29 Å². The molecule has 148 valence electrons. The van der Waals surface area contributed by atoms with Crippen molar-refractivity contribution < 1.29 is 22.7 Å². The molecule has 1 amide bonds. The Balaban J connectivity index is 1.69. The number of amides is 1. The van der Waals surface area contributed by atoms with Crippen LogP contribution < -0.4 is 10.3 Å². The van der Waals surface area contributed by atoms with E-state index in [1.165, 1.54) is 10.6 Å². The van der Waals surface area contributed by atoms with Gasteiger partial charge in [-0.2, -0.15) is 0 Å². The van der Waals surface area contributed by atoms with Gasteiger partial charge in [0.25, 0.3) is 5.56 Å². The molecule has 28 heavy (non-hydrogen) atoms. The number of esters is 1. The van der Waals surface area contributed by atoms with Crippen LogP contribution in [0.3, 0.4) is 0 Å². The zero-order valence-corrected chi connectivity index (χ0v) is 16.1. The SMILES string of the molecule is CS(=O)(=O)NC(=O)CCCn1ccc(-c2ccc3c(c2)C(=O)OCC3)cc1=O. The summed E-state index contributed by atoms with van der Waals surface area (Å²) in [7, 11) is -3.57. The summed E-state index contributed by atoms with van der Waals surface area (Å²) in [5.74, 6) is -0.961. The molecule has 0 spiro atoms. The quantitative estimate of drug-likeness (QED) is 0.722. The van der Waals surface area contributed by atoms with E-state index in [0.717, 1.165) is 17.4 Å². The van der Waals surface area contributed by atoms with Gasteiger partial charge in [-0.05, 0) is 35.2 Å². The number of fused-ring (bicyclic) bond motifs is 1. The van der Waals surface area contributed by atoms with E-state index < -0.39 is 15.9 Å². The Morgan fingerprint density at radius 3 is 2.64 bits per heavy atom. The number of nitrogens with zero attached hydrogens (tertiary/aromatic N) is 1. The van der Waals surface area contributed by atoms with E-state index in [9.17, 15) is 22.8 Å². The number of benzene rings is 1. The van der Waals surface area contributed by atoms with Gasteiger partial charge in [0, 0.05) is 31.6 Å². The molecule has 0 aliphatic carbocycles. The second-order valence-corrected chi connectivity index (χ2v) is 8.35. The Morgan fingerprint density at radius 1 is 1.18 bits per heavy atom. The van der Waals surface area contributed by atoms with Crippen LogP contribution in [0, 0.1) is 0 Å². The van der Waals surface area contributed by atoms with Crippen molar-refractivity contribution in [2.75, 3.05) is 12.9 Å². The normalized spacial score (nSPS) is 13.5. The molecule has 0 radical (unpaired) electrons. The molecular formula is C19H20N2O6S. The lowest BCUT2D eigenvalue weighted by Gasteiger charge is -2.16. The summed E-state index contributed by atoms with van der Waals surface area (Å²) in [6, 6.07) is 8.69. The number of sulfonamides is 1. The molecule has 9 heteroatoms. The van der Waals surface area contributed by atoms with Crippen LogP contribution in [0.25, 0.3) is 11.1 Å². The lowest BCUT2D eigenvalue weighted by molar-refractivity contribution is -0.119. The predicted octanol–water partition coefficient (Wildman–Crippen LogP) is 1.08. The summed E-state index contributed by atoms with van der Waals surface area (Å²) >= 11 is 0. The number of hydrogen-bond acceptors (Lipinski definition) is 6. The third-order valence-electron chi connectivity index (χ3n) is 4.37. The highest BCUT2D eigenvalue weighted by Crippen LogP contribution is 2.24. The molecule has 0 fully saturated rings. The standard InChI is InChI=1S/C19H20N2O6S/c1-28(25,26)20-17(22)3-2-8-21-9-6-15(12-18(21)23)14-5-4-13-7-10-27-19(24)16(13)11-14/h4-6,9,11-12H,2-3,7-8,10H2,1H3,(H,20,22). The number of aryl methyl sites for hydroxylation is 1. The second-order valence-electron chi connectivity index (χ2n) is 6.61. The number of aromatic nitrogens is 1. The minimum absolute atomic E-state index is 0.00576. The summed E-state index contributed by atoms with van der Waals surface area (Å²) in [5.41, 5.74) is 2.62. The summed E-state index contributed by atoms with van der Waals surface area (Å²) in [6.07, 6.45) is 3.52. The van der Waals surface area contributed by atoms with E-state index in [0.29, 0.717) is 30.6 Å². The van der Waals surface area contributed by atoms with Crippen LogP contribution >= 0.6 is 0 Å². The summed E-state index contributed by atoms with van der Waals surface area (Å²) in [6.45, 7) is 0.663. The maximum Gasteiger partial charge on any atom is 0.338 e. The second kappa shape index (κ2) is 7.97. The zero-order valence-electron chi connectivity index (χ0n) is 15.3. The lowest BCUT2D eigenvalue weighted by atomic mass is 9.97. The van der Waals surface area contributed by atoms with Crippen molar-refractivity contribution in [3.05, 3.63) is 58.0 Å². The number of carbonyl (C=O) groups is 2. The highest BCUT2D eigenvalue weighted by Gasteiger charge is 2.19. The molecule has 0 saturated carbocycles. The van der Waals surface area contributed by atoms with Crippen LogP contribution in [0.15, 0.2) is 41.3 Å². The van der Waals surface area contributed by atoms with Crippen molar-refractivity contribution >= 4 is 21.9 Å². The van der Waals surface area contributed by atoms with Gasteiger partial charge >= 0.3 is 5.97 Å². The number of rotatable bonds is 6. The molecule has 8 nitrogen and oxygen atoms in total. The molecule has 1 aliphatic rings. The van der Waals surface area contributed by atoms with E-state index in [2.05, 4.69) is 0 Å². The van der Waals surface area contributed by atoms with Gasteiger partial charge in [0.1, 0.15) is 0 Å². The molecule has 1 N–H and O–H groups in total. The Morgan fingerprint density at radius 2 is 1.93 bits per heavy atom. The average Bonchev–Trinajstić information content (AvgIpc) is 2.61. The smallest absolute Gasteiger partial charge is 0.338 e. The van der Waals surface area contributed by atoms with Crippen molar-refractivity contribution in [3.8, 4) is 11.1 Å². The van der Waals surface area contributed by atoms with Gasteiger partial charge in [-0.1, -0.05) is 12.1 Å². The summed E-state index contributed by atoms with van der Waals surface area (Å²) in [4.78, 5) is 35.7. The van der Waals surface area contributed by atoms with E-state index in [1.54, 1.807) is 18.3 Å². The molecular weight excluding hydrogens is 384 g/mol. The number of nitrogens with one attached hydrogen (secondary N) is 1. The molecule has 2 aromatic rings. The minimum Gasteiger partial charge on any atom is -0.462 e. The average molecular weight is 404 g/mol. The fourth-order valence-electron chi connectivity index (χ4n) is 3.04. The fourth-order valence-corrected chi connectivity index (χ4v) is 3.55. The molecule has 0 atom stereocenters. The van der Waals surface area contributed by atoms with Gasteiger partial charge in [0.05, 0.1) is 18.4 Å². The van der Waals surface area contributed by atoms with Gasteiger partial charge in [0.15, 0.2) is 0 Å². The van der Waals surface area contributed by atoms with Crippen LogP contribution in [0.5, 0.6) is 0 Å². The van der Waals surface area contributed by atoms with Crippen molar-refractivity contribution in [2.24, 2.45) is 0 Å². The highest BCUT2D eigenvalue weighted by molar-refractivity contribution is 7.89. The minimum atomic E-state index is -3.57. The molecule has 1 aliphatic heterocycles. The van der Waals surface area contributed by atoms with Gasteiger partial charge in [-0.25, -0.2) is 13.2 Å². The maximum absolute atomic E-state index is 12.3. The Hall–Kier alpha value is -2.94. The highest BCUT2D eigenvalue weighted by atomic mass is 32.2. The maximum atomic E-state index is 12.3. The topological polar surface area (TPSA) is 112 Å². The van der Waals surface area contributed by atoms with Crippen LogP contribution in [0.1, 0.15) is 28.8 Å². The first-order valence-corrected chi connectivity index (χ1v) is 10.6. The van der Waals surface area contributed by atoms with Gasteiger partial charge < -0.3 is 9.30 Å². The van der Waals surface area contributed by atoms with Crippen molar-refractivity contribution in [1.29, 1.82) is 0 Å². The lowest BCUT2D eigenvalue weighted by Crippen LogP contribution is -2.29. The first kappa shape index (κ1) is 19.8. The molecule has 3 rings (SSSR count). The van der Waals surface area contributed by atoms with Crippen LogP contribution in [0.2, 0.25) is 0 Å². The van der Waals surface area contributed by atoms with Crippen LogP contribution in [-0.2, 0) is 32.5 Å². The van der Waals surface area contributed by atoms with Crippen LogP contribution in [-0.4, -0.2) is 37.7 Å². The number of pyridine rings is 1. The summed E-state index contributed by atoms with van der Waals surface area (Å²) < 4.78 is 30.4. The molecule has 1 aromatic carbocycles. The number of cyclic esters (lactones) is 1. The Kier molecular flexibility index (Phi) is 5.64. The molecule has 0 bridgehead atoms. The van der Waals surface area contributed by atoms with E-state index >= 15 is 0 Å². The van der Waals surface area contributed by atoms with E-state index in [1.807, 2.05) is 16.9 Å². The molecule has 0 saturated heterocycles. The Labute approximate surface area is 162 Å². The van der Waals surface area contributed by atoms with Gasteiger partial charge in [-0.3, -0.25) is 14.3 Å². The third-order valence-corrected chi connectivity index (χ3v) is 4.96. The third kappa shape index (κ3) is 4.86. The number of hydrogen-bond donors (Lipinski definition) is 1. The number of ether oxygens (including phenoxy) is 1. The van der Waals surface area contributed by atoms with Gasteiger partial charge in [0.2, 0.25) is 15.9 Å². The van der Waals surface area contributed by atoms with Gasteiger partial charge in [-0.15, -0.1) is 0 Å². The first-order chi connectivity index (χ1) is 13.2. The Bertz CT molecular complexity index is 1090. The molecule has 2 heterocycles. The van der Waals surface area contributed by atoms with Crippen molar-refractivity contribution in [3.63, 3.8) is 0 Å². The number of carbonyl (C=O) groups excluding carboxylic acids is 2.